The zero-order valence-corrected chi connectivity index (χ0v) is 27.0. The summed E-state index contributed by atoms with van der Waals surface area (Å²) < 4.78 is 5.50. The van der Waals surface area contributed by atoms with Crippen molar-refractivity contribution in [3.8, 4) is 6.07 Å². The fourth-order valence-electron chi connectivity index (χ4n) is 11.4. The van der Waals surface area contributed by atoms with E-state index in [0.717, 1.165) is 51.4 Å². The number of ether oxygens (including phenoxy) is 1. The van der Waals surface area contributed by atoms with Crippen molar-refractivity contribution >= 4 is 28.3 Å². The van der Waals surface area contributed by atoms with Gasteiger partial charge in [-0.3, -0.25) is 9.59 Å². The molecule has 4 saturated carbocycles. The Morgan fingerprint density at radius 3 is 2.49 bits per heavy atom. The van der Waals surface area contributed by atoms with Gasteiger partial charge in [0.25, 0.3) is 0 Å². The Balaban J connectivity index is 1.53. The standard InChI is InChI=1S/C34H49N3O3S/c1-21(2)22-11-14-34(28(39)40-8)16-15-32(6)23(26(22)34)9-10-25-31(5,17-18-35)24(12-13-33(25,32)7)30(3,4)27(38)37-29-36-19-20-41-29/h19-20,22-26H,1,9-17H2,2-8H3,(H,36,37,38)/t22-,23?,24?,25?,26?,31-,32+,33+,34?/m0/s1. The number of aromatic nitrogens is 1. The second-order valence-electron chi connectivity index (χ2n) is 15.2. The lowest BCUT2D eigenvalue weighted by Gasteiger charge is -2.71. The average molecular weight is 580 g/mol. The monoisotopic (exact) mass is 579 g/mol. The van der Waals surface area contributed by atoms with Crippen molar-refractivity contribution in [1.29, 1.82) is 5.26 Å². The molecule has 4 aliphatic carbocycles. The molecule has 0 bridgehead atoms. The Morgan fingerprint density at radius 2 is 1.88 bits per heavy atom. The summed E-state index contributed by atoms with van der Waals surface area (Å²) in [6.07, 6.45) is 9.92. The van der Waals surface area contributed by atoms with Gasteiger partial charge in [-0.1, -0.05) is 46.8 Å². The topological polar surface area (TPSA) is 92.1 Å². The average Bonchev–Trinajstić information content (AvgIpc) is 3.57. The molecule has 1 aromatic rings. The largest absolute Gasteiger partial charge is 0.469 e. The van der Waals surface area contributed by atoms with E-state index in [1.54, 1.807) is 13.3 Å². The number of nitriles is 1. The van der Waals surface area contributed by atoms with E-state index < -0.39 is 10.8 Å². The van der Waals surface area contributed by atoms with Crippen LogP contribution in [0, 0.1) is 68.0 Å². The van der Waals surface area contributed by atoms with Gasteiger partial charge in [-0.05, 0) is 104 Å². The Bertz CT molecular complexity index is 1250. The summed E-state index contributed by atoms with van der Waals surface area (Å²) >= 11 is 1.43. The summed E-state index contributed by atoms with van der Waals surface area (Å²) in [7, 11) is 1.55. The van der Waals surface area contributed by atoms with E-state index in [-0.39, 0.29) is 40.0 Å². The molecule has 1 heterocycles. The van der Waals surface area contributed by atoms with Crippen LogP contribution in [0.4, 0.5) is 5.13 Å². The number of esters is 1. The number of allylic oxidation sites excluding steroid dienone is 1. The Labute approximate surface area is 250 Å². The fourth-order valence-corrected chi connectivity index (χ4v) is 11.9. The van der Waals surface area contributed by atoms with Crippen molar-refractivity contribution in [2.45, 2.75) is 99.3 Å². The van der Waals surface area contributed by atoms with Crippen molar-refractivity contribution < 1.29 is 14.3 Å². The molecule has 0 saturated heterocycles. The minimum Gasteiger partial charge on any atom is -0.469 e. The van der Waals surface area contributed by atoms with Gasteiger partial charge in [0.2, 0.25) is 5.91 Å². The Hall–Kier alpha value is -2.20. The van der Waals surface area contributed by atoms with Crippen LogP contribution in [-0.4, -0.2) is 24.0 Å². The summed E-state index contributed by atoms with van der Waals surface area (Å²) in [6.45, 7) is 18.0. The van der Waals surface area contributed by atoms with Crippen LogP contribution in [-0.2, 0) is 14.3 Å². The molecule has 41 heavy (non-hydrogen) atoms. The number of hydrogen-bond donors (Lipinski definition) is 1. The number of methoxy groups -OCH3 is 1. The number of nitrogens with one attached hydrogen (secondary N) is 1. The lowest BCUT2D eigenvalue weighted by Crippen LogP contribution is -2.66. The highest BCUT2D eigenvalue weighted by Crippen LogP contribution is 2.76. The van der Waals surface area contributed by atoms with E-state index in [4.69, 9.17) is 4.74 Å². The first kappa shape index (κ1) is 30.3. The number of rotatable bonds is 6. The summed E-state index contributed by atoms with van der Waals surface area (Å²) in [5.41, 5.74) is -0.132. The van der Waals surface area contributed by atoms with Gasteiger partial charge in [-0.2, -0.15) is 5.26 Å². The number of nitrogens with zero attached hydrogens (tertiary/aromatic N) is 2. The van der Waals surface area contributed by atoms with Crippen LogP contribution >= 0.6 is 11.3 Å². The van der Waals surface area contributed by atoms with E-state index in [9.17, 15) is 14.9 Å². The predicted octanol–water partition coefficient (Wildman–Crippen LogP) is 8.03. The minimum atomic E-state index is -0.653. The normalized spacial score (nSPS) is 41.8. The van der Waals surface area contributed by atoms with Crippen molar-refractivity contribution in [3.05, 3.63) is 23.7 Å². The highest BCUT2D eigenvalue weighted by molar-refractivity contribution is 7.13. The maximum absolute atomic E-state index is 13.7. The molecule has 1 amide bonds. The summed E-state index contributed by atoms with van der Waals surface area (Å²) in [4.78, 5) is 31.5. The summed E-state index contributed by atoms with van der Waals surface area (Å²) in [5.74, 6) is 1.35. The number of thiazole rings is 1. The third-order valence-electron chi connectivity index (χ3n) is 13.5. The van der Waals surface area contributed by atoms with Crippen molar-refractivity contribution in [2.24, 2.45) is 56.7 Å². The zero-order chi connectivity index (χ0) is 30.0. The van der Waals surface area contributed by atoms with Gasteiger partial charge in [-0.15, -0.1) is 11.3 Å². The first-order valence-corrected chi connectivity index (χ1v) is 16.4. The number of carbonyl (C=O) groups excluding carboxylic acids is 2. The van der Waals surface area contributed by atoms with E-state index in [1.807, 2.05) is 5.38 Å². The van der Waals surface area contributed by atoms with Crippen molar-refractivity contribution in [2.75, 3.05) is 12.4 Å². The van der Waals surface area contributed by atoms with Crippen LogP contribution < -0.4 is 5.32 Å². The molecule has 1 N–H and O–H groups in total. The predicted molar refractivity (Wildman–Crippen MR) is 163 cm³/mol. The smallest absolute Gasteiger partial charge is 0.312 e. The van der Waals surface area contributed by atoms with Crippen LogP contribution in [0.25, 0.3) is 0 Å². The first-order valence-electron chi connectivity index (χ1n) is 15.5. The third-order valence-corrected chi connectivity index (χ3v) is 14.2. The minimum absolute atomic E-state index is 0.00434. The lowest BCUT2D eigenvalue weighted by atomic mass is 9.33. The molecule has 0 radical (unpaired) electrons. The number of fused-ring (bicyclic) bond motifs is 5. The highest BCUT2D eigenvalue weighted by atomic mass is 32.1. The fraction of sp³-hybridized carbons (Fsp3) is 0.765. The highest BCUT2D eigenvalue weighted by Gasteiger charge is 2.71. The first-order chi connectivity index (χ1) is 19.2. The second-order valence-corrected chi connectivity index (χ2v) is 16.1. The molecule has 224 valence electrons. The molecule has 0 spiro atoms. The van der Waals surface area contributed by atoms with Gasteiger partial charge >= 0.3 is 5.97 Å². The van der Waals surface area contributed by atoms with E-state index >= 15 is 0 Å². The summed E-state index contributed by atoms with van der Waals surface area (Å²) in [5, 5.41) is 15.8. The van der Waals surface area contributed by atoms with Gasteiger partial charge in [0, 0.05) is 23.4 Å². The molecular weight excluding hydrogens is 530 g/mol. The van der Waals surface area contributed by atoms with Gasteiger partial charge in [-0.25, -0.2) is 4.98 Å². The Morgan fingerprint density at radius 1 is 1.15 bits per heavy atom. The maximum atomic E-state index is 13.7. The van der Waals surface area contributed by atoms with Crippen LogP contribution in [0.15, 0.2) is 23.7 Å². The molecular formula is C34H49N3O3S. The molecule has 6 nitrogen and oxygen atoms in total. The molecule has 1 aromatic heterocycles. The van der Waals surface area contributed by atoms with Gasteiger partial charge in [0.15, 0.2) is 5.13 Å². The van der Waals surface area contributed by atoms with Crippen LogP contribution in [0.1, 0.15) is 99.3 Å². The molecule has 5 rings (SSSR count). The van der Waals surface area contributed by atoms with Crippen LogP contribution in [0.2, 0.25) is 0 Å². The van der Waals surface area contributed by atoms with Gasteiger partial charge in [0.05, 0.1) is 18.6 Å². The quantitative estimate of drug-likeness (QED) is 0.272. The van der Waals surface area contributed by atoms with Crippen molar-refractivity contribution in [1.82, 2.24) is 4.98 Å². The molecule has 9 atom stereocenters. The van der Waals surface area contributed by atoms with Gasteiger partial charge < -0.3 is 10.1 Å². The Kier molecular flexibility index (Phi) is 7.54. The number of hydrogen-bond acceptors (Lipinski definition) is 6. The third kappa shape index (κ3) is 4.17. The van der Waals surface area contributed by atoms with E-state index in [0.29, 0.717) is 29.3 Å². The number of amides is 1. The molecule has 0 aromatic carbocycles. The van der Waals surface area contributed by atoms with Crippen LogP contribution in [0.5, 0.6) is 0 Å². The van der Waals surface area contributed by atoms with Crippen LogP contribution in [0.3, 0.4) is 0 Å². The summed E-state index contributed by atoms with van der Waals surface area (Å²) in [6, 6.07) is 2.57. The number of carbonyl (C=O) groups is 2. The van der Waals surface area contributed by atoms with Gasteiger partial charge in [0.1, 0.15) is 0 Å². The second kappa shape index (κ2) is 10.2. The molecule has 5 unspecified atom stereocenters. The number of anilines is 1. The molecule has 7 heteroatoms. The maximum Gasteiger partial charge on any atom is 0.312 e. The van der Waals surface area contributed by atoms with E-state index in [1.165, 1.54) is 16.9 Å². The van der Waals surface area contributed by atoms with Crippen molar-refractivity contribution in [3.63, 3.8) is 0 Å². The molecule has 0 aliphatic heterocycles. The lowest BCUT2D eigenvalue weighted by molar-refractivity contribution is -0.228. The molecule has 4 fully saturated rings. The zero-order valence-electron chi connectivity index (χ0n) is 26.1. The molecule has 4 aliphatic rings. The van der Waals surface area contributed by atoms with E-state index in [2.05, 4.69) is 64.5 Å². The SMILES string of the molecule is C=C(C)[C@@H]1CCC2(C(=O)OC)CC[C@]3(C)C(CCC4[C@@](C)(CC#N)C(C(C)(C)C(=O)Nc5nccs5)CC[C@]43C)C12.